The third-order valence-corrected chi connectivity index (χ3v) is 1.61. The van der Waals surface area contributed by atoms with Crippen molar-refractivity contribution in [3.8, 4) is 0 Å². The first-order valence-corrected chi connectivity index (χ1v) is 4.32. The van der Waals surface area contributed by atoms with Crippen LogP contribution in [-0.2, 0) is 6.54 Å². The summed E-state index contributed by atoms with van der Waals surface area (Å²) < 4.78 is 0. The smallest absolute Gasteiger partial charge is 0.0532 e. The van der Waals surface area contributed by atoms with Gasteiger partial charge in [-0.15, -0.1) is 0 Å². The third kappa shape index (κ3) is 3.50. The number of nitrogens with one attached hydrogen (secondary N) is 3. The van der Waals surface area contributed by atoms with Gasteiger partial charge in [-0.05, 0) is 6.54 Å². The molecule has 1 aromatic heterocycles. The van der Waals surface area contributed by atoms with Gasteiger partial charge in [0.15, 0.2) is 0 Å². The van der Waals surface area contributed by atoms with Gasteiger partial charge in [-0.3, -0.25) is 5.10 Å². The Morgan fingerprint density at radius 1 is 1.42 bits per heavy atom. The Hall–Kier alpha value is -0.870. The molecule has 12 heavy (non-hydrogen) atoms. The molecule has 0 amide bonds. The van der Waals surface area contributed by atoms with Gasteiger partial charge in [0.25, 0.3) is 0 Å². The van der Waals surface area contributed by atoms with Crippen molar-refractivity contribution < 1.29 is 0 Å². The van der Waals surface area contributed by atoms with Gasteiger partial charge in [-0.25, -0.2) is 0 Å². The van der Waals surface area contributed by atoms with Gasteiger partial charge < -0.3 is 10.6 Å². The highest BCUT2D eigenvalue weighted by atomic mass is 15.1. The van der Waals surface area contributed by atoms with E-state index in [1.807, 2.05) is 12.4 Å². The molecule has 0 aromatic carbocycles. The number of aromatic amines is 1. The Morgan fingerprint density at radius 3 is 2.92 bits per heavy atom. The van der Waals surface area contributed by atoms with Crippen LogP contribution in [0.4, 0.5) is 0 Å². The Morgan fingerprint density at radius 2 is 2.25 bits per heavy atom. The van der Waals surface area contributed by atoms with E-state index in [0.717, 1.165) is 26.2 Å². The Balaban J connectivity index is 1.96. The van der Waals surface area contributed by atoms with Gasteiger partial charge >= 0.3 is 0 Å². The molecule has 0 saturated carbocycles. The Kier molecular flexibility index (Phi) is 4.41. The van der Waals surface area contributed by atoms with Crippen LogP contribution in [0, 0.1) is 0 Å². The van der Waals surface area contributed by atoms with Crippen LogP contribution in [0.3, 0.4) is 0 Å². The molecule has 0 aliphatic heterocycles. The van der Waals surface area contributed by atoms with E-state index < -0.39 is 0 Å². The molecule has 0 aliphatic carbocycles. The zero-order valence-corrected chi connectivity index (χ0v) is 7.43. The molecule has 0 bridgehead atoms. The van der Waals surface area contributed by atoms with Crippen molar-refractivity contribution in [3.63, 3.8) is 0 Å². The molecular weight excluding hydrogens is 152 g/mol. The minimum absolute atomic E-state index is 0.891. The zero-order valence-electron chi connectivity index (χ0n) is 7.43. The predicted molar refractivity (Wildman–Crippen MR) is 48.8 cm³/mol. The maximum Gasteiger partial charge on any atom is 0.0532 e. The van der Waals surface area contributed by atoms with Crippen molar-refractivity contribution in [2.45, 2.75) is 13.5 Å². The maximum absolute atomic E-state index is 3.86. The van der Waals surface area contributed by atoms with Crippen LogP contribution in [-0.4, -0.2) is 29.8 Å². The van der Waals surface area contributed by atoms with Crippen LogP contribution in [0.5, 0.6) is 0 Å². The number of likely N-dealkylation sites (N-methyl/N-ethyl adjacent to an activating group) is 1. The van der Waals surface area contributed by atoms with Crippen LogP contribution in [0.25, 0.3) is 0 Å². The quantitative estimate of drug-likeness (QED) is 0.528. The van der Waals surface area contributed by atoms with Crippen LogP contribution in [0.15, 0.2) is 12.4 Å². The van der Waals surface area contributed by atoms with Gasteiger partial charge in [0, 0.05) is 31.4 Å². The highest BCUT2D eigenvalue weighted by Gasteiger charge is 1.91. The summed E-state index contributed by atoms with van der Waals surface area (Å²) in [7, 11) is 0. The number of H-pyrrole nitrogens is 1. The number of aromatic nitrogens is 2. The summed E-state index contributed by atoms with van der Waals surface area (Å²) >= 11 is 0. The second-order valence-electron chi connectivity index (χ2n) is 2.64. The largest absolute Gasteiger partial charge is 0.316 e. The van der Waals surface area contributed by atoms with Crippen molar-refractivity contribution in [2.75, 3.05) is 19.6 Å². The van der Waals surface area contributed by atoms with E-state index >= 15 is 0 Å². The van der Waals surface area contributed by atoms with Gasteiger partial charge in [0.05, 0.1) is 6.20 Å². The second kappa shape index (κ2) is 5.74. The first-order chi connectivity index (χ1) is 5.93. The molecule has 0 saturated heterocycles. The van der Waals surface area contributed by atoms with Crippen molar-refractivity contribution in [1.29, 1.82) is 0 Å². The molecule has 1 aromatic rings. The molecule has 68 valence electrons. The van der Waals surface area contributed by atoms with Gasteiger partial charge in [-0.2, -0.15) is 5.10 Å². The first-order valence-electron chi connectivity index (χ1n) is 4.32. The minimum atomic E-state index is 0.891. The van der Waals surface area contributed by atoms with Crippen LogP contribution < -0.4 is 10.6 Å². The Bertz CT molecular complexity index is 183. The maximum atomic E-state index is 3.86. The minimum Gasteiger partial charge on any atom is -0.316 e. The summed E-state index contributed by atoms with van der Waals surface area (Å²) in [5.41, 5.74) is 1.20. The number of hydrogen-bond donors (Lipinski definition) is 3. The van der Waals surface area contributed by atoms with Crippen LogP contribution >= 0.6 is 0 Å². The molecule has 3 N–H and O–H groups in total. The lowest BCUT2D eigenvalue weighted by Gasteiger charge is -2.02. The molecule has 4 heteroatoms. The summed E-state index contributed by atoms with van der Waals surface area (Å²) in [5.74, 6) is 0. The highest BCUT2D eigenvalue weighted by molar-refractivity contribution is 5.01. The van der Waals surface area contributed by atoms with E-state index in [0.29, 0.717) is 0 Å². The molecule has 0 radical (unpaired) electrons. The number of rotatable bonds is 6. The summed E-state index contributed by atoms with van der Waals surface area (Å²) in [6, 6.07) is 0. The average molecular weight is 168 g/mol. The van der Waals surface area contributed by atoms with Crippen molar-refractivity contribution in [3.05, 3.63) is 18.0 Å². The van der Waals surface area contributed by atoms with E-state index in [-0.39, 0.29) is 0 Å². The zero-order chi connectivity index (χ0) is 8.65. The molecule has 4 nitrogen and oxygen atoms in total. The molecule has 0 unspecified atom stereocenters. The summed E-state index contributed by atoms with van der Waals surface area (Å²) in [6.45, 7) is 6.05. The van der Waals surface area contributed by atoms with Crippen molar-refractivity contribution in [2.24, 2.45) is 0 Å². The Labute approximate surface area is 72.8 Å². The number of nitrogens with zero attached hydrogens (tertiary/aromatic N) is 1. The fourth-order valence-electron chi connectivity index (χ4n) is 0.961. The standard InChI is InChI=1S/C8H16N4/c1-2-9-3-4-10-5-8-6-11-12-7-8/h6-7,9-10H,2-5H2,1H3,(H,11,12). The topological polar surface area (TPSA) is 52.7 Å². The SMILES string of the molecule is CCNCCNCc1cn[nH]c1. The second-order valence-corrected chi connectivity index (χ2v) is 2.64. The number of hydrogen-bond acceptors (Lipinski definition) is 3. The first kappa shape index (κ1) is 9.22. The van der Waals surface area contributed by atoms with Crippen molar-refractivity contribution in [1.82, 2.24) is 20.8 Å². The normalized spacial score (nSPS) is 10.4. The fraction of sp³-hybridized carbons (Fsp3) is 0.625. The van der Waals surface area contributed by atoms with Crippen molar-refractivity contribution >= 4 is 0 Å². The lowest BCUT2D eigenvalue weighted by atomic mass is 10.3. The molecule has 0 aliphatic rings. The van der Waals surface area contributed by atoms with Crippen LogP contribution in [0.2, 0.25) is 0 Å². The predicted octanol–water partition coefficient (Wildman–Crippen LogP) is 0.109. The molecule has 0 fully saturated rings. The van der Waals surface area contributed by atoms with E-state index in [1.165, 1.54) is 5.56 Å². The average Bonchev–Trinajstić information content (AvgIpc) is 2.57. The van der Waals surface area contributed by atoms with E-state index in [4.69, 9.17) is 0 Å². The third-order valence-electron chi connectivity index (χ3n) is 1.61. The summed E-state index contributed by atoms with van der Waals surface area (Å²) in [6.07, 6.45) is 3.74. The van der Waals surface area contributed by atoms with Gasteiger partial charge in [0.2, 0.25) is 0 Å². The molecule has 1 heterocycles. The summed E-state index contributed by atoms with van der Waals surface area (Å²) in [5, 5.41) is 13.2. The summed E-state index contributed by atoms with van der Waals surface area (Å²) in [4.78, 5) is 0. The van der Waals surface area contributed by atoms with E-state index in [1.54, 1.807) is 0 Å². The van der Waals surface area contributed by atoms with E-state index in [2.05, 4.69) is 27.8 Å². The van der Waals surface area contributed by atoms with Gasteiger partial charge in [-0.1, -0.05) is 6.92 Å². The fourth-order valence-corrected chi connectivity index (χ4v) is 0.961. The lowest BCUT2D eigenvalue weighted by Crippen LogP contribution is -2.26. The molecule has 1 rings (SSSR count). The lowest BCUT2D eigenvalue weighted by molar-refractivity contribution is 0.625. The van der Waals surface area contributed by atoms with Gasteiger partial charge in [0.1, 0.15) is 0 Å². The highest BCUT2D eigenvalue weighted by Crippen LogP contribution is 1.90. The van der Waals surface area contributed by atoms with Crippen LogP contribution in [0.1, 0.15) is 12.5 Å². The molecular formula is C8H16N4. The molecule has 0 spiro atoms. The van der Waals surface area contributed by atoms with E-state index in [9.17, 15) is 0 Å². The monoisotopic (exact) mass is 168 g/mol. The molecule has 0 atom stereocenters.